The number of halogens is 1. The molecule has 1 heterocycles. The van der Waals surface area contributed by atoms with Crippen molar-refractivity contribution in [2.45, 2.75) is 25.4 Å². The topological polar surface area (TPSA) is 50.4 Å². The van der Waals surface area contributed by atoms with Crippen LogP contribution < -0.4 is 10.6 Å². The average Bonchev–Trinajstić information content (AvgIpc) is 2.40. The van der Waals surface area contributed by atoms with Crippen LogP contribution in [-0.4, -0.2) is 31.7 Å². The number of hydrogen-bond acceptors (Lipinski definition) is 3. The molecular formula is C14H19FN2O2. The van der Waals surface area contributed by atoms with Crippen molar-refractivity contribution in [1.82, 2.24) is 10.6 Å². The highest BCUT2D eigenvalue weighted by molar-refractivity contribution is 5.78. The highest BCUT2D eigenvalue weighted by atomic mass is 19.1. The molecular weight excluding hydrogens is 247 g/mol. The molecule has 4 nitrogen and oxygen atoms in total. The monoisotopic (exact) mass is 266 g/mol. The average molecular weight is 266 g/mol. The van der Waals surface area contributed by atoms with Gasteiger partial charge in [-0.1, -0.05) is 12.1 Å². The van der Waals surface area contributed by atoms with E-state index in [0.717, 1.165) is 18.4 Å². The van der Waals surface area contributed by atoms with E-state index >= 15 is 0 Å². The lowest BCUT2D eigenvalue weighted by Gasteiger charge is -2.23. The van der Waals surface area contributed by atoms with Crippen LogP contribution in [0.5, 0.6) is 0 Å². The van der Waals surface area contributed by atoms with Crippen molar-refractivity contribution in [3.8, 4) is 0 Å². The second kappa shape index (κ2) is 7.21. The van der Waals surface area contributed by atoms with Gasteiger partial charge in [0.1, 0.15) is 5.82 Å². The molecule has 0 atom stereocenters. The van der Waals surface area contributed by atoms with Crippen LogP contribution in [0.4, 0.5) is 4.39 Å². The summed E-state index contributed by atoms with van der Waals surface area (Å²) >= 11 is 0. The Hall–Kier alpha value is -1.46. The van der Waals surface area contributed by atoms with Gasteiger partial charge in [0.05, 0.1) is 6.54 Å². The predicted octanol–water partition coefficient (Wildman–Crippen LogP) is 1.21. The fourth-order valence-electron chi connectivity index (χ4n) is 2.09. The van der Waals surface area contributed by atoms with Crippen LogP contribution in [0.3, 0.4) is 0 Å². The molecule has 1 fully saturated rings. The van der Waals surface area contributed by atoms with Gasteiger partial charge in [-0.3, -0.25) is 4.79 Å². The van der Waals surface area contributed by atoms with E-state index in [4.69, 9.17) is 4.74 Å². The van der Waals surface area contributed by atoms with E-state index in [2.05, 4.69) is 10.6 Å². The molecule has 19 heavy (non-hydrogen) atoms. The number of carbonyl (C=O) groups excluding carboxylic acids is 1. The van der Waals surface area contributed by atoms with Crippen LogP contribution in [0.2, 0.25) is 0 Å². The lowest BCUT2D eigenvalue weighted by molar-refractivity contribution is -0.121. The molecule has 0 unspecified atom stereocenters. The van der Waals surface area contributed by atoms with Gasteiger partial charge < -0.3 is 15.4 Å². The normalized spacial score (nSPS) is 16.3. The van der Waals surface area contributed by atoms with Crippen molar-refractivity contribution in [1.29, 1.82) is 0 Å². The third-order valence-corrected chi connectivity index (χ3v) is 3.09. The fourth-order valence-corrected chi connectivity index (χ4v) is 2.09. The minimum atomic E-state index is -0.258. The second-order valence-electron chi connectivity index (χ2n) is 4.69. The number of hydrogen-bond donors (Lipinski definition) is 2. The molecule has 0 saturated carbocycles. The standard InChI is InChI=1S/C14H19FN2O2/c15-12-3-1-2-11(8-12)9-16-10-14(18)17-13-4-6-19-7-5-13/h1-3,8,13,16H,4-7,9-10H2,(H,17,18). The van der Waals surface area contributed by atoms with E-state index < -0.39 is 0 Å². The van der Waals surface area contributed by atoms with Crippen molar-refractivity contribution in [3.05, 3.63) is 35.6 Å². The molecule has 0 radical (unpaired) electrons. The summed E-state index contributed by atoms with van der Waals surface area (Å²) in [5.74, 6) is -0.283. The molecule has 1 amide bonds. The molecule has 104 valence electrons. The van der Waals surface area contributed by atoms with E-state index in [1.807, 2.05) is 6.07 Å². The van der Waals surface area contributed by atoms with Crippen LogP contribution in [0.25, 0.3) is 0 Å². The zero-order chi connectivity index (χ0) is 13.5. The summed E-state index contributed by atoms with van der Waals surface area (Å²) in [6, 6.07) is 6.57. The van der Waals surface area contributed by atoms with E-state index in [9.17, 15) is 9.18 Å². The van der Waals surface area contributed by atoms with E-state index in [1.54, 1.807) is 6.07 Å². The lowest BCUT2D eigenvalue weighted by atomic mass is 10.1. The second-order valence-corrected chi connectivity index (χ2v) is 4.69. The van der Waals surface area contributed by atoms with E-state index in [1.165, 1.54) is 12.1 Å². The predicted molar refractivity (Wildman–Crippen MR) is 70.1 cm³/mol. The van der Waals surface area contributed by atoms with Crippen molar-refractivity contribution in [3.63, 3.8) is 0 Å². The quantitative estimate of drug-likeness (QED) is 0.842. The Bertz CT molecular complexity index is 420. The maximum atomic E-state index is 12.9. The number of nitrogens with one attached hydrogen (secondary N) is 2. The van der Waals surface area contributed by atoms with Gasteiger partial charge in [-0.25, -0.2) is 4.39 Å². The third-order valence-electron chi connectivity index (χ3n) is 3.09. The third kappa shape index (κ3) is 4.96. The summed E-state index contributed by atoms with van der Waals surface area (Å²) in [5.41, 5.74) is 0.832. The number of ether oxygens (including phenoxy) is 1. The molecule has 0 aliphatic carbocycles. The largest absolute Gasteiger partial charge is 0.381 e. The first-order valence-corrected chi connectivity index (χ1v) is 6.56. The molecule has 1 saturated heterocycles. The van der Waals surface area contributed by atoms with Crippen LogP contribution in [0, 0.1) is 5.82 Å². The van der Waals surface area contributed by atoms with Gasteiger partial charge in [0.2, 0.25) is 5.91 Å². The maximum absolute atomic E-state index is 12.9. The minimum Gasteiger partial charge on any atom is -0.381 e. The van der Waals surface area contributed by atoms with Gasteiger partial charge in [0.25, 0.3) is 0 Å². The SMILES string of the molecule is O=C(CNCc1cccc(F)c1)NC1CCOCC1. The van der Waals surface area contributed by atoms with Crippen molar-refractivity contribution < 1.29 is 13.9 Å². The Kier molecular flexibility index (Phi) is 5.30. The molecule has 2 N–H and O–H groups in total. The first-order valence-electron chi connectivity index (χ1n) is 6.56. The molecule has 0 bridgehead atoms. The number of carbonyl (C=O) groups is 1. The van der Waals surface area contributed by atoms with E-state index in [0.29, 0.717) is 19.8 Å². The first kappa shape index (κ1) is 14.0. The molecule has 1 aliphatic heterocycles. The highest BCUT2D eigenvalue weighted by Gasteiger charge is 2.15. The van der Waals surface area contributed by atoms with Crippen molar-refractivity contribution in [2.75, 3.05) is 19.8 Å². The number of benzene rings is 1. The zero-order valence-electron chi connectivity index (χ0n) is 10.8. The molecule has 1 aromatic carbocycles. The Morgan fingerprint density at radius 3 is 2.89 bits per heavy atom. The van der Waals surface area contributed by atoms with Crippen LogP contribution in [-0.2, 0) is 16.1 Å². The van der Waals surface area contributed by atoms with Gasteiger partial charge in [-0.2, -0.15) is 0 Å². The van der Waals surface area contributed by atoms with Crippen LogP contribution >= 0.6 is 0 Å². The summed E-state index contributed by atoms with van der Waals surface area (Å²) in [6.45, 7) is 2.15. The summed E-state index contributed by atoms with van der Waals surface area (Å²) in [6.07, 6.45) is 1.74. The summed E-state index contributed by atoms with van der Waals surface area (Å²) < 4.78 is 18.2. The summed E-state index contributed by atoms with van der Waals surface area (Å²) in [7, 11) is 0. The van der Waals surface area contributed by atoms with Gasteiger partial charge in [-0.15, -0.1) is 0 Å². The molecule has 1 aliphatic rings. The van der Waals surface area contributed by atoms with Crippen LogP contribution in [0.1, 0.15) is 18.4 Å². The van der Waals surface area contributed by atoms with Crippen molar-refractivity contribution in [2.24, 2.45) is 0 Å². The van der Waals surface area contributed by atoms with E-state index in [-0.39, 0.29) is 24.3 Å². The van der Waals surface area contributed by atoms with Gasteiger partial charge in [-0.05, 0) is 30.5 Å². The van der Waals surface area contributed by atoms with Gasteiger partial charge in [0.15, 0.2) is 0 Å². The Morgan fingerprint density at radius 2 is 2.16 bits per heavy atom. The Labute approximate surface area is 112 Å². The molecule has 0 spiro atoms. The Balaban J connectivity index is 1.66. The highest BCUT2D eigenvalue weighted by Crippen LogP contribution is 2.05. The van der Waals surface area contributed by atoms with Crippen LogP contribution in [0.15, 0.2) is 24.3 Å². The van der Waals surface area contributed by atoms with Crippen molar-refractivity contribution >= 4 is 5.91 Å². The molecule has 2 rings (SSSR count). The summed E-state index contributed by atoms with van der Waals surface area (Å²) in [4.78, 5) is 11.7. The maximum Gasteiger partial charge on any atom is 0.234 e. The fraction of sp³-hybridized carbons (Fsp3) is 0.500. The minimum absolute atomic E-state index is 0.0247. The summed E-state index contributed by atoms with van der Waals surface area (Å²) in [5, 5.41) is 5.97. The number of amides is 1. The zero-order valence-corrected chi connectivity index (χ0v) is 10.8. The molecule has 0 aromatic heterocycles. The molecule has 5 heteroatoms. The molecule has 1 aromatic rings. The number of rotatable bonds is 5. The van der Waals surface area contributed by atoms with Gasteiger partial charge >= 0.3 is 0 Å². The van der Waals surface area contributed by atoms with Gasteiger partial charge in [0, 0.05) is 25.8 Å². The first-order chi connectivity index (χ1) is 9.24. The smallest absolute Gasteiger partial charge is 0.234 e. The lowest BCUT2D eigenvalue weighted by Crippen LogP contribution is -2.42. The Morgan fingerprint density at radius 1 is 1.37 bits per heavy atom.